The number of fused-ring (bicyclic) bond motifs is 14. The van der Waals surface area contributed by atoms with E-state index in [0.29, 0.717) is 70.8 Å². The minimum atomic E-state index is -0.798. The number of hydrogen-bond donors (Lipinski definition) is 3. The Hall–Kier alpha value is -3.79. The minimum Gasteiger partial charge on any atom is -0.481 e. The maximum atomic E-state index is 12.5. The maximum Gasteiger partial charge on any atom is 0.311 e. The number of carboxylic acid groups (broad SMARTS) is 1. The first kappa shape index (κ1) is 134. The lowest BCUT2D eigenvalue weighted by Gasteiger charge is -2.64. The van der Waals surface area contributed by atoms with E-state index < -0.39 is 22.4 Å². The van der Waals surface area contributed by atoms with Crippen LogP contribution in [0.3, 0.4) is 0 Å². The highest BCUT2D eigenvalue weighted by atomic mass is 16.6. The molecule has 0 radical (unpaired) electrons. The van der Waals surface area contributed by atoms with E-state index in [2.05, 4.69) is 114 Å². The van der Waals surface area contributed by atoms with E-state index in [9.17, 15) is 43.8 Å². The molecule has 1 amide bonds. The second-order valence-corrected chi connectivity index (χ2v) is 45.6. The third-order valence-electron chi connectivity index (χ3n) is 36.9. The summed E-state index contributed by atoms with van der Waals surface area (Å²) in [6, 6.07) is 0.403. The number of carbonyl (C=O) groups is 7. The van der Waals surface area contributed by atoms with Gasteiger partial charge in [-0.3, -0.25) is 33.6 Å². The van der Waals surface area contributed by atoms with Gasteiger partial charge in [0.25, 0.3) is 0 Å². The van der Waals surface area contributed by atoms with Crippen molar-refractivity contribution in [3.63, 3.8) is 0 Å². The quantitative estimate of drug-likeness (QED) is 0.0491. The van der Waals surface area contributed by atoms with Crippen LogP contribution in [-0.4, -0.2) is 108 Å². The Bertz CT molecular complexity index is 3260. The number of ether oxygens (including phenoxy) is 6. The first-order chi connectivity index (χ1) is 52.9. The highest BCUT2D eigenvalue weighted by molar-refractivity contribution is 5.82. The average Bonchev–Trinajstić information content (AvgIpc) is 1.56. The van der Waals surface area contributed by atoms with E-state index >= 15 is 0 Å². The van der Waals surface area contributed by atoms with Crippen molar-refractivity contribution in [2.24, 2.45) is 160 Å². The molecule has 760 valence electrons. The number of methoxy groups -OCH3 is 1. The summed E-state index contributed by atoms with van der Waals surface area (Å²) in [4.78, 5) is 82.6. The summed E-state index contributed by atoms with van der Waals surface area (Å²) in [6.45, 7) is 66.1. The van der Waals surface area contributed by atoms with Gasteiger partial charge in [0.1, 0.15) is 24.9 Å². The number of hydrogen-bond acceptors (Lipinski definition) is 14. The normalized spacial score (nSPS) is 34.2. The molecule has 25 atom stereocenters. The number of rotatable bonds is 23. The number of amides is 1. The van der Waals surface area contributed by atoms with Crippen LogP contribution >= 0.6 is 0 Å². The van der Waals surface area contributed by atoms with Crippen molar-refractivity contribution in [3.05, 3.63) is 0 Å². The van der Waals surface area contributed by atoms with Crippen LogP contribution in [-0.2, 0) is 62.0 Å². The van der Waals surface area contributed by atoms with Crippen molar-refractivity contribution >= 4 is 41.7 Å². The van der Waals surface area contributed by atoms with E-state index in [1.54, 1.807) is 38.5 Å². The molecule has 15 aliphatic rings. The van der Waals surface area contributed by atoms with Gasteiger partial charge in [0.15, 0.2) is 0 Å². The summed E-state index contributed by atoms with van der Waals surface area (Å²) >= 11 is 0. The summed E-state index contributed by atoms with van der Waals surface area (Å²) < 4.78 is 33.2. The van der Waals surface area contributed by atoms with Gasteiger partial charge < -0.3 is 44.0 Å². The maximum absolute atomic E-state index is 12.5. The first-order valence-corrected chi connectivity index (χ1v) is 46.7. The fourth-order valence-corrected chi connectivity index (χ4v) is 24.2. The summed E-state index contributed by atoms with van der Waals surface area (Å²) in [5.41, 5.74) is -0.708. The lowest BCUT2D eigenvalue weighted by Crippen LogP contribution is -2.67. The molecule has 16 heteroatoms. The van der Waals surface area contributed by atoms with Crippen LogP contribution in [0.2, 0.25) is 0 Å². The highest BCUT2D eigenvalue weighted by Gasteiger charge is 2.70. The van der Waals surface area contributed by atoms with Gasteiger partial charge in [-0.25, -0.2) is 0 Å². The van der Waals surface area contributed by atoms with Crippen LogP contribution in [0.4, 0.5) is 0 Å². The number of esters is 5. The molecule has 15 rings (SSSR count). The molecule has 0 aromatic heterocycles. The van der Waals surface area contributed by atoms with Crippen molar-refractivity contribution in [1.29, 1.82) is 0 Å². The molecule has 127 heavy (non-hydrogen) atoms. The third-order valence-corrected chi connectivity index (χ3v) is 36.9. The Morgan fingerprint density at radius 3 is 1.33 bits per heavy atom. The molecule has 0 aliphatic heterocycles. The predicted octanol–water partition coefficient (Wildman–Crippen LogP) is 30.2. The Balaban J connectivity index is -0.000000336. The van der Waals surface area contributed by atoms with Gasteiger partial charge in [-0.15, -0.1) is 0 Å². The van der Waals surface area contributed by atoms with Crippen molar-refractivity contribution in [2.45, 2.75) is 494 Å². The van der Waals surface area contributed by atoms with Gasteiger partial charge in [-0.1, -0.05) is 262 Å². The number of carboxylic acids is 1. The molecule has 0 heterocycles. The molecule has 18 unspecified atom stereocenters. The van der Waals surface area contributed by atoms with Crippen LogP contribution in [0.5, 0.6) is 0 Å². The van der Waals surface area contributed by atoms with Crippen LogP contribution < -0.4 is 5.32 Å². The molecular formula is C111H221NO15. The van der Waals surface area contributed by atoms with Gasteiger partial charge in [-0.2, -0.15) is 0 Å². The average molecular weight is 1810 g/mol. The highest BCUT2D eigenvalue weighted by Crippen LogP contribution is 2.72. The SMILES string of the molecule is C.C.C.C.C.C.C.C.C.C.C.C.C1CC2C3CCC(C3)C2C1.CCC(C)(C)C(=O)N[C@@H]1C[C@@H]2C[C@H](C1C)C2(C)C.CCC(C)(C)C(=O)OC1C(CC(=O)O)C2CCC1(C)C2(C)C.CCC(C)(C)C(=O)OC1C[C@]2(C(C)C)CC2C1C.CCC(C)(C)C(=O)OCCOC1C[C@@H]2C[C@@H](C2(C)C)[C@]1(C)O.CCC(C)C(=O)OC.CCC(C)C(=O)OC1CC2CCC1(C)C2(C)C. The number of aliphatic hydroxyl groups is 1. The Morgan fingerprint density at radius 2 is 0.929 bits per heavy atom. The van der Waals surface area contributed by atoms with E-state index in [-0.39, 0.29) is 213 Å². The van der Waals surface area contributed by atoms with E-state index in [1.807, 2.05) is 111 Å². The lowest BCUT2D eigenvalue weighted by molar-refractivity contribution is -0.258. The van der Waals surface area contributed by atoms with Crippen LogP contribution in [0.25, 0.3) is 0 Å². The molecule has 3 N–H and O–H groups in total. The van der Waals surface area contributed by atoms with Crippen molar-refractivity contribution in [1.82, 2.24) is 5.32 Å². The number of carbonyl (C=O) groups excluding carboxylic acids is 6. The zero-order valence-corrected chi connectivity index (χ0v) is 79.3. The fraction of sp³-hybridized carbons (Fsp3) is 0.937. The van der Waals surface area contributed by atoms with Gasteiger partial charge in [0.2, 0.25) is 5.91 Å². The van der Waals surface area contributed by atoms with Gasteiger partial charge >= 0.3 is 35.8 Å². The van der Waals surface area contributed by atoms with Crippen LogP contribution in [0, 0.1) is 160 Å². The van der Waals surface area contributed by atoms with Crippen LogP contribution in [0.15, 0.2) is 0 Å². The molecule has 15 saturated carbocycles. The van der Waals surface area contributed by atoms with E-state index in [4.69, 9.17) is 23.7 Å². The molecule has 15 aliphatic carbocycles. The summed E-state index contributed by atoms with van der Waals surface area (Å²) in [5, 5.41) is 23.4. The molecule has 0 saturated heterocycles. The largest absolute Gasteiger partial charge is 0.481 e. The van der Waals surface area contributed by atoms with Gasteiger partial charge in [-0.05, 0) is 300 Å². The number of aliphatic carboxylic acids is 1. The predicted molar refractivity (Wildman–Crippen MR) is 540 cm³/mol. The van der Waals surface area contributed by atoms with Gasteiger partial charge in [0, 0.05) is 28.2 Å². The Labute approximate surface area is 789 Å². The van der Waals surface area contributed by atoms with Crippen molar-refractivity contribution < 1.29 is 72.2 Å². The third kappa shape index (κ3) is 27.3. The molecule has 16 nitrogen and oxygen atoms in total. The molecular weight excluding hydrogens is 1590 g/mol. The number of nitrogens with one attached hydrogen (secondary N) is 1. The van der Waals surface area contributed by atoms with Crippen molar-refractivity contribution in [2.75, 3.05) is 20.3 Å². The molecule has 0 aromatic carbocycles. The molecule has 0 aromatic rings. The fourth-order valence-electron chi connectivity index (χ4n) is 24.2. The Morgan fingerprint density at radius 1 is 0.465 bits per heavy atom. The second kappa shape index (κ2) is 50.7. The molecule has 0 spiro atoms. The van der Waals surface area contributed by atoms with Crippen LogP contribution in [0.1, 0.15) is 458 Å². The second-order valence-electron chi connectivity index (χ2n) is 45.6. The zero-order chi connectivity index (χ0) is 87.1. The summed E-state index contributed by atoms with van der Waals surface area (Å²) in [5.74, 6) is 10.0. The standard InChI is InChI=1S/C18H32O4.C18H30O4.C16H29NO.C16H28O2.C15H26O2.C10H16.C6H12O2.12CH4/c1-7-16(2,3)15(19)22-9-8-21-14-11-12-10-13(17(12,4)5)18(14,6)20;1-7-16(2,3)15(21)22-14-11(10-13(19)20)12-8-9-18(14,6)17(12,4)5;1-7-15(3,4)14(18)17-13-9-11-8-12(10(13)2)16(11,5)6;1-7-15(5,6)14(17)18-13-9-16(10(2)3)8-12(16)11(13)4;1-6-10(2)13(16)17-12-9-11-7-8-15(12,5)14(11,3)4;1-2-9-7-4-5-8(6-7)10(9)3-1;1-4-5(2)6(7)8-3;;;;;;;;;;;;/h12-14,20H,7-11H2,1-6H3;11-12,14H,7-10H2,1-6H3,(H,19,20);10-13H,7-9H2,1-6H3,(H,17,18);10-13H,7-9H2,1-6H3;10-12H,6-9H2,1-5H3;7-10H,1-6H2;5H,4H2,1-3H3;12*1H4/t12-,13-,14?,18-;;10?,11-,12+,13+;11?,12?,13?,16-;;;;;;;;;;;;;;;/m0.00.............../s1. The molecule has 10 bridgehead atoms. The monoisotopic (exact) mass is 1810 g/mol. The van der Waals surface area contributed by atoms with E-state index in [1.165, 1.54) is 62.9 Å². The summed E-state index contributed by atoms with van der Waals surface area (Å²) in [7, 11) is 1.41. The topological polar surface area (TPSA) is 227 Å². The summed E-state index contributed by atoms with van der Waals surface area (Å²) in [6.07, 6.45) is 27.0. The van der Waals surface area contributed by atoms with E-state index in [0.717, 1.165) is 94.3 Å². The first-order valence-electron chi connectivity index (χ1n) is 46.7. The Kier molecular flexibility index (Phi) is 53.5. The van der Waals surface area contributed by atoms with Gasteiger partial charge in [0.05, 0.1) is 59.9 Å². The lowest BCUT2D eigenvalue weighted by atomic mass is 9.43. The van der Waals surface area contributed by atoms with Crippen molar-refractivity contribution in [3.8, 4) is 0 Å². The molecule has 15 fully saturated rings. The minimum absolute atomic E-state index is 0. The smallest absolute Gasteiger partial charge is 0.311 e. The zero-order valence-electron chi connectivity index (χ0n) is 79.3.